The Kier molecular flexibility index (Phi) is 14.6. The predicted octanol–water partition coefficient (Wildman–Crippen LogP) is 9.87. The van der Waals surface area contributed by atoms with Gasteiger partial charge in [0.05, 0.1) is 33.3 Å². The Morgan fingerprint density at radius 2 is 1.31 bits per heavy atom. The summed E-state index contributed by atoms with van der Waals surface area (Å²) in [6.45, 7) is 6.21. The van der Waals surface area contributed by atoms with Crippen LogP contribution in [0.15, 0.2) is 66.7 Å². The molecule has 4 saturated heterocycles. The summed E-state index contributed by atoms with van der Waals surface area (Å²) in [6, 6.07) is 21.3. The number of carbonyl (C=O) groups is 1. The van der Waals surface area contributed by atoms with Gasteiger partial charge in [-0.15, -0.1) is 0 Å². The van der Waals surface area contributed by atoms with Crippen molar-refractivity contribution in [2.24, 2.45) is 0 Å². The van der Waals surface area contributed by atoms with Crippen molar-refractivity contribution in [1.82, 2.24) is 10.2 Å². The van der Waals surface area contributed by atoms with Gasteiger partial charge in [-0.3, -0.25) is 4.79 Å². The molecule has 7 nitrogen and oxygen atoms in total. The van der Waals surface area contributed by atoms with Gasteiger partial charge in [0.25, 0.3) is 5.91 Å². The summed E-state index contributed by atoms with van der Waals surface area (Å²) in [7, 11) is 0. The SMILES string of the molecule is Clc1ccc(C2(CCOC3CCCCO3)CCNC2)cc1Cl.O=C(c1ccccc1)N1CCC(CCOC2CCCCO2)(c2ccc(Cl)c(Cl)c2)C1. The number of likely N-dealkylation sites (tertiary alicyclic amines) is 1. The van der Waals surface area contributed by atoms with Crippen LogP contribution in [0.2, 0.25) is 20.1 Å². The number of benzene rings is 3. The van der Waals surface area contributed by atoms with E-state index < -0.39 is 0 Å². The first-order valence-electron chi connectivity index (χ1n) is 18.7. The number of amides is 1. The van der Waals surface area contributed by atoms with Crippen molar-refractivity contribution in [1.29, 1.82) is 0 Å². The number of hydrogen-bond donors (Lipinski definition) is 1. The minimum Gasteiger partial charge on any atom is -0.353 e. The second kappa shape index (κ2) is 19.1. The van der Waals surface area contributed by atoms with Crippen molar-refractivity contribution in [3.63, 3.8) is 0 Å². The van der Waals surface area contributed by atoms with E-state index in [1.54, 1.807) is 0 Å². The van der Waals surface area contributed by atoms with Crippen molar-refractivity contribution < 1.29 is 23.7 Å². The van der Waals surface area contributed by atoms with Gasteiger partial charge < -0.3 is 29.2 Å². The molecule has 3 aromatic rings. The van der Waals surface area contributed by atoms with Crippen LogP contribution in [-0.2, 0) is 29.8 Å². The molecule has 4 atom stereocenters. The van der Waals surface area contributed by atoms with E-state index in [9.17, 15) is 4.79 Å². The molecule has 4 unspecified atom stereocenters. The lowest BCUT2D eigenvalue weighted by atomic mass is 9.77. The van der Waals surface area contributed by atoms with Gasteiger partial charge in [-0.05, 0) is 118 Å². The summed E-state index contributed by atoms with van der Waals surface area (Å²) in [5.41, 5.74) is 2.94. The van der Waals surface area contributed by atoms with Crippen molar-refractivity contribution in [2.75, 3.05) is 52.6 Å². The fraction of sp³-hybridized carbons (Fsp3) is 0.537. The van der Waals surface area contributed by atoms with E-state index in [1.807, 2.05) is 65.6 Å². The number of rotatable bonds is 11. The maximum Gasteiger partial charge on any atom is 0.253 e. The quantitative estimate of drug-likeness (QED) is 0.209. The first-order valence-corrected chi connectivity index (χ1v) is 20.2. The summed E-state index contributed by atoms with van der Waals surface area (Å²) in [5, 5.41) is 5.79. The molecule has 0 bridgehead atoms. The van der Waals surface area contributed by atoms with Crippen LogP contribution < -0.4 is 5.32 Å². The summed E-state index contributed by atoms with van der Waals surface area (Å²) in [6.07, 6.45) is 10.1. The predicted molar refractivity (Wildman–Crippen MR) is 209 cm³/mol. The summed E-state index contributed by atoms with van der Waals surface area (Å²) < 4.78 is 23.3. The van der Waals surface area contributed by atoms with Crippen LogP contribution >= 0.6 is 46.4 Å². The molecule has 1 N–H and O–H groups in total. The van der Waals surface area contributed by atoms with Gasteiger partial charge in [0, 0.05) is 49.2 Å². The monoisotopic (exact) mass is 790 g/mol. The second-order valence-corrected chi connectivity index (χ2v) is 16.1. The van der Waals surface area contributed by atoms with Crippen LogP contribution in [0.5, 0.6) is 0 Å². The highest BCUT2D eigenvalue weighted by molar-refractivity contribution is 6.42. The number of carbonyl (C=O) groups excluding carboxylic acids is 1. The van der Waals surface area contributed by atoms with E-state index in [1.165, 1.54) is 12.0 Å². The molecule has 4 aliphatic heterocycles. The number of hydrogen-bond acceptors (Lipinski definition) is 6. The molecule has 11 heteroatoms. The molecule has 0 radical (unpaired) electrons. The van der Waals surface area contributed by atoms with Crippen LogP contribution in [0.1, 0.15) is 85.7 Å². The zero-order valence-corrected chi connectivity index (χ0v) is 32.8. The normalized spacial score (nSPS) is 26.2. The van der Waals surface area contributed by atoms with Crippen LogP contribution in [0.3, 0.4) is 0 Å². The van der Waals surface area contributed by atoms with E-state index in [2.05, 4.69) is 11.4 Å². The van der Waals surface area contributed by atoms with E-state index in [-0.39, 0.29) is 29.3 Å². The van der Waals surface area contributed by atoms with Crippen molar-refractivity contribution >= 4 is 52.3 Å². The summed E-state index contributed by atoms with van der Waals surface area (Å²) >= 11 is 24.8. The van der Waals surface area contributed by atoms with Crippen molar-refractivity contribution in [2.45, 2.75) is 87.6 Å². The maximum absolute atomic E-state index is 13.0. The third kappa shape index (κ3) is 10.2. The Morgan fingerprint density at radius 1 is 0.731 bits per heavy atom. The number of ether oxygens (including phenoxy) is 4. The molecule has 282 valence electrons. The number of halogens is 4. The topological polar surface area (TPSA) is 69.3 Å². The van der Waals surface area contributed by atoms with E-state index >= 15 is 0 Å². The van der Waals surface area contributed by atoms with Crippen molar-refractivity contribution in [3.8, 4) is 0 Å². The van der Waals surface area contributed by atoms with E-state index in [0.29, 0.717) is 52.0 Å². The molecule has 0 spiro atoms. The van der Waals surface area contributed by atoms with Gasteiger partial charge in [-0.25, -0.2) is 0 Å². The number of nitrogens with one attached hydrogen (secondary N) is 1. The molecule has 4 aliphatic rings. The first kappa shape index (κ1) is 39.8. The van der Waals surface area contributed by atoms with Gasteiger partial charge in [0.2, 0.25) is 0 Å². The molecule has 4 fully saturated rings. The minimum atomic E-state index is -0.215. The average Bonchev–Trinajstić information content (AvgIpc) is 3.84. The van der Waals surface area contributed by atoms with Crippen LogP contribution in [-0.4, -0.2) is 76.0 Å². The lowest BCUT2D eigenvalue weighted by Crippen LogP contribution is -2.36. The smallest absolute Gasteiger partial charge is 0.253 e. The van der Waals surface area contributed by atoms with Gasteiger partial charge in [0.15, 0.2) is 12.6 Å². The molecule has 0 saturated carbocycles. The summed E-state index contributed by atoms with van der Waals surface area (Å²) in [4.78, 5) is 15.0. The lowest BCUT2D eigenvalue weighted by molar-refractivity contribution is -0.164. The Morgan fingerprint density at radius 3 is 1.83 bits per heavy atom. The minimum absolute atomic E-state index is 0.0195. The standard InChI is InChI=1S/C24H27Cl2NO3.C17H23Cl2NO2/c25-20-10-9-19(16-21(20)26)24(12-15-30-22-8-4-5-14-29-22)11-13-27(17-24)23(28)18-6-2-1-3-7-18;18-14-5-4-13(11-15(14)19)17(6-8-20-12-17)7-10-22-16-3-1-2-9-21-16/h1-3,6-7,9-10,16,22H,4-5,8,11-15,17H2;4-5,11,16,20H,1-3,6-10,12H2. The molecule has 0 aliphatic carbocycles. The highest BCUT2D eigenvalue weighted by atomic mass is 35.5. The van der Waals surface area contributed by atoms with Gasteiger partial charge in [-0.1, -0.05) is 76.7 Å². The van der Waals surface area contributed by atoms with E-state index in [0.717, 1.165) is 89.7 Å². The fourth-order valence-corrected chi connectivity index (χ4v) is 8.45. The molecule has 4 heterocycles. The second-order valence-electron chi connectivity index (χ2n) is 14.4. The van der Waals surface area contributed by atoms with Crippen molar-refractivity contribution in [3.05, 3.63) is 104 Å². The molecular weight excluding hydrogens is 742 g/mol. The van der Waals surface area contributed by atoms with E-state index in [4.69, 9.17) is 65.4 Å². The molecule has 7 rings (SSSR count). The largest absolute Gasteiger partial charge is 0.353 e. The zero-order valence-electron chi connectivity index (χ0n) is 29.7. The average molecular weight is 793 g/mol. The fourth-order valence-electron chi connectivity index (χ4n) is 7.85. The Labute approximate surface area is 328 Å². The molecule has 3 aromatic carbocycles. The third-order valence-electron chi connectivity index (χ3n) is 11.0. The first-order chi connectivity index (χ1) is 25.3. The Bertz CT molecular complexity index is 1600. The zero-order chi connectivity index (χ0) is 36.4. The van der Waals surface area contributed by atoms with Crippen LogP contribution in [0.4, 0.5) is 0 Å². The highest BCUT2D eigenvalue weighted by Crippen LogP contribution is 2.41. The Balaban J connectivity index is 0.000000187. The van der Waals surface area contributed by atoms with Gasteiger partial charge >= 0.3 is 0 Å². The van der Waals surface area contributed by atoms with Gasteiger partial charge in [-0.2, -0.15) is 0 Å². The molecule has 0 aromatic heterocycles. The summed E-state index contributed by atoms with van der Waals surface area (Å²) in [5.74, 6) is 0.0640. The maximum atomic E-state index is 13.0. The van der Waals surface area contributed by atoms with Gasteiger partial charge in [0.1, 0.15) is 0 Å². The van der Waals surface area contributed by atoms with Crippen LogP contribution in [0, 0.1) is 0 Å². The lowest BCUT2D eigenvalue weighted by Gasteiger charge is -2.31. The number of nitrogens with zero attached hydrogens (tertiary/aromatic N) is 1. The highest BCUT2D eigenvalue weighted by Gasteiger charge is 2.42. The Hall–Kier alpha value is -1.91. The molecule has 52 heavy (non-hydrogen) atoms. The molecular formula is C41H50Cl4N2O5. The molecule has 1 amide bonds. The third-order valence-corrected chi connectivity index (χ3v) is 12.5. The van der Waals surface area contributed by atoms with Crippen LogP contribution in [0.25, 0.3) is 0 Å².